The summed E-state index contributed by atoms with van der Waals surface area (Å²) >= 11 is 0. The Kier molecular flexibility index (Phi) is 18.6. The van der Waals surface area contributed by atoms with Crippen molar-refractivity contribution in [2.45, 2.75) is 165 Å². The van der Waals surface area contributed by atoms with Crippen LogP contribution in [0.4, 0.5) is 0 Å². The van der Waals surface area contributed by atoms with Crippen LogP contribution in [0.5, 0.6) is 0 Å². The zero-order chi connectivity index (χ0) is 32.8. The molecule has 5 aliphatic rings. The van der Waals surface area contributed by atoms with Crippen LogP contribution in [-0.4, -0.2) is 5.66 Å². The second-order valence-electron chi connectivity index (χ2n) is 15.0. The number of allylic oxidation sites excluding steroid dienone is 6. The number of rotatable bonds is 8. The summed E-state index contributed by atoms with van der Waals surface area (Å²) in [5.74, 6) is 6.52. The topological polar surface area (TPSA) is 0 Å². The van der Waals surface area contributed by atoms with E-state index in [1.807, 2.05) is 33.3 Å². The van der Waals surface area contributed by atoms with Gasteiger partial charge in [0.05, 0.1) is 0 Å². The van der Waals surface area contributed by atoms with Crippen molar-refractivity contribution in [3.63, 3.8) is 0 Å². The predicted octanol–water partition coefficient (Wildman–Crippen LogP) is 14.5. The fraction of sp³-hybridized carbons (Fsp3) is 0.810. The highest BCUT2D eigenvalue weighted by molar-refractivity contribution is 7.17. The first-order chi connectivity index (χ1) is 20.6. The van der Waals surface area contributed by atoms with Gasteiger partial charge in [0.2, 0.25) is 0 Å². The molecule has 4 unspecified atom stereocenters. The van der Waals surface area contributed by atoms with Gasteiger partial charge in [-0.05, 0) is 121 Å². The summed E-state index contributed by atoms with van der Waals surface area (Å²) < 4.78 is 0. The second-order valence-corrected chi connectivity index (χ2v) is 16.2. The first-order valence-electron chi connectivity index (χ1n) is 18.9. The Balaban J connectivity index is 0. The normalized spacial score (nSPS) is 34.6. The number of fused-ring (bicyclic) bond motifs is 5. The average Bonchev–Trinajstić information content (AvgIpc) is 3.33. The lowest BCUT2D eigenvalue weighted by molar-refractivity contribution is -0.0518. The molecule has 3 saturated carbocycles. The van der Waals surface area contributed by atoms with Crippen molar-refractivity contribution in [3.8, 4) is 0 Å². The summed E-state index contributed by atoms with van der Waals surface area (Å²) in [5, 5.41) is 0. The molecule has 0 amide bonds. The van der Waals surface area contributed by atoms with Crippen molar-refractivity contribution in [2.75, 3.05) is 0 Å². The Morgan fingerprint density at radius 1 is 0.907 bits per heavy atom. The first kappa shape index (κ1) is 40.4. The third-order valence-electron chi connectivity index (χ3n) is 12.1. The highest BCUT2D eigenvalue weighted by Crippen LogP contribution is 2.67. The molecule has 0 saturated heterocycles. The molecule has 254 valence electrons. The van der Waals surface area contributed by atoms with Crippen molar-refractivity contribution in [2.24, 2.45) is 52.3 Å². The zero-order valence-corrected chi connectivity index (χ0v) is 32.3. The van der Waals surface area contributed by atoms with Gasteiger partial charge in [-0.1, -0.05) is 132 Å². The highest BCUT2D eigenvalue weighted by atomic mass is 31.0. The molecular formula is C42H81P. The van der Waals surface area contributed by atoms with Crippen LogP contribution in [0.15, 0.2) is 48.6 Å². The van der Waals surface area contributed by atoms with E-state index < -0.39 is 0 Å². The molecule has 0 radical (unpaired) electrons. The molecule has 0 aromatic carbocycles. The zero-order valence-electron chi connectivity index (χ0n) is 31.1. The summed E-state index contributed by atoms with van der Waals surface area (Å²) in [5.41, 5.74) is 5.43. The molecule has 0 aromatic rings. The van der Waals surface area contributed by atoms with E-state index in [9.17, 15) is 0 Å². The van der Waals surface area contributed by atoms with E-state index in [4.69, 9.17) is 0 Å². The van der Waals surface area contributed by atoms with Gasteiger partial charge in [-0.15, -0.1) is 22.4 Å². The largest absolute Gasteiger partial charge is 0.135 e. The maximum absolute atomic E-state index is 3.00. The van der Waals surface area contributed by atoms with Crippen LogP contribution in [0.1, 0.15) is 162 Å². The van der Waals surface area contributed by atoms with Crippen molar-refractivity contribution in [1.29, 1.82) is 0 Å². The quantitative estimate of drug-likeness (QED) is 0.188. The van der Waals surface area contributed by atoms with Crippen LogP contribution in [0, 0.1) is 52.3 Å². The molecule has 0 heterocycles. The lowest BCUT2D eigenvalue weighted by Crippen LogP contribution is -2.50. The monoisotopic (exact) mass is 617 g/mol. The molecule has 3 fully saturated rings. The minimum atomic E-state index is 0. The van der Waals surface area contributed by atoms with Gasteiger partial charge in [0, 0.05) is 2.85 Å². The molecule has 0 aromatic heterocycles. The molecule has 0 N–H and O–H groups in total. The summed E-state index contributed by atoms with van der Waals surface area (Å²) in [7, 11) is 2.78. The van der Waals surface area contributed by atoms with Crippen LogP contribution in [0.2, 0.25) is 0 Å². The van der Waals surface area contributed by atoms with Crippen molar-refractivity contribution in [3.05, 3.63) is 48.6 Å². The van der Waals surface area contributed by atoms with Crippen molar-refractivity contribution in [1.82, 2.24) is 0 Å². The van der Waals surface area contributed by atoms with Crippen LogP contribution < -0.4 is 0 Å². The Morgan fingerprint density at radius 3 is 2.07 bits per heavy atom. The van der Waals surface area contributed by atoms with Gasteiger partial charge >= 0.3 is 0 Å². The van der Waals surface area contributed by atoms with Crippen molar-refractivity contribution < 1.29 is 2.85 Å². The molecule has 5 rings (SSSR count). The molecular weight excluding hydrogens is 535 g/mol. The van der Waals surface area contributed by atoms with E-state index in [2.05, 4.69) is 95.2 Å². The number of hydrogen-bond acceptors (Lipinski definition) is 0. The van der Waals surface area contributed by atoms with Crippen molar-refractivity contribution >= 4 is 9.24 Å². The summed E-state index contributed by atoms with van der Waals surface area (Å²) in [6, 6.07) is 0. The Hall–Kier alpha value is -0.610. The lowest BCUT2D eigenvalue weighted by Gasteiger charge is -2.58. The molecule has 0 spiro atoms. The molecule has 0 aliphatic heterocycles. The first-order valence-corrected chi connectivity index (χ1v) is 19.6. The van der Waals surface area contributed by atoms with Crippen LogP contribution >= 0.6 is 9.24 Å². The smallest absolute Gasteiger partial charge is 0 e. The fourth-order valence-corrected chi connectivity index (χ4v) is 10.2. The van der Waals surface area contributed by atoms with E-state index >= 15 is 0 Å². The maximum atomic E-state index is 3.00. The summed E-state index contributed by atoms with van der Waals surface area (Å²) in [4.78, 5) is 0. The predicted molar refractivity (Wildman–Crippen MR) is 206 cm³/mol. The van der Waals surface area contributed by atoms with E-state index in [0.717, 1.165) is 47.1 Å². The minimum absolute atomic E-state index is 0. The molecule has 0 nitrogen and oxygen atoms in total. The Labute approximate surface area is 277 Å². The third-order valence-corrected chi connectivity index (χ3v) is 12.4. The van der Waals surface area contributed by atoms with Gasteiger partial charge in [-0.25, -0.2) is 0 Å². The minimum Gasteiger partial charge on any atom is -0.135 e. The van der Waals surface area contributed by atoms with E-state index in [0.29, 0.717) is 10.8 Å². The van der Waals surface area contributed by atoms with Crippen LogP contribution in [-0.2, 0) is 0 Å². The highest BCUT2D eigenvalue weighted by Gasteiger charge is 2.59. The van der Waals surface area contributed by atoms with Crippen LogP contribution in [0.25, 0.3) is 0 Å². The van der Waals surface area contributed by atoms with Gasteiger partial charge < -0.3 is 0 Å². The molecule has 43 heavy (non-hydrogen) atoms. The average molecular weight is 617 g/mol. The van der Waals surface area contributed by atoms with Gasteiger partial charge in [-0.3, -0.25) is 0 Å². The third kappa shape index (κ3) is 9.94. The lowest BCUT2D eigenvalue weighted by atomic mass is 9.46. The fourth-order valence-electron chi connectivity index (χ4n) is 9.90. The Bertz CT molecular complexity index is 872. The molecule has 10 atom stereocenters. The standard InChI is InChI=1S/C31H48.C5H13P.2C2H6.C2H4.2H2/c1-21(2)8-6-9-22(3)27-14-15-28-26-13-12-25-20-24(23-10-7-11-23)16-18-30(25,4)29(26)17-19-31(27,28)5;1-3-4-5(2)6;3*1-2;;/h7,10-12,21-22,24,26-29H,6,8-9,13-20H2,1-5H3;5H,3-4,6H2,1-2H3;2*1-2H3;1-2H2;2*1H/t22-,24+,26+,27-,28?,29?,30+,31-;;;;;;/m1....../s1. The summed E-state index contributed by atoms with van der Waals surface area (Å²) in [6.07, 6.45) is 28.4. The number of hydrogen-bond donors (Lipinski definition) is 0. The van der Waals surface area contributed by atoms with Gasteiger partial charge in [0.15, 0.2) is 0 Å². The molecule has 1 heteroatoms. The Morgan fingerprint density at radius 2 is 1.56 bits per heavy atom. The van der Waals surface area contributed by atoms with E-state index in [-0.39, 0.29) is 2.85 Å². The van der Waals surface area contributed by atoms with E-state index in [1.165, 1.54) is 83.5 Å². The second kappa shape index (κ2) is 19.8. The SMILES string of the molecule is C=C.CC.CC.CC(C)CCC[C@@H](C)[C@H]1CCC2[C@@H]3CC=C4C[C@@H](C5=CC=C5)CC[C@]4(C)C3CC[C@@]21C.CCCC(C)P.[HH].[HH]. The molecule has 5 aliphatic carbocycles. The van der Waals surface area contributed by atoms with Gasteiger partial charge in [0.1, 0.15) is 0 Å². The van der Waals surface area contributed by atoms with Gasteiger partial charge in [-0.2, -0.15) is 0 Å². The van der Waals surface area contributed by atoms with Gasteiger partial charge in [0.25, 0.3) is 0 Å². The summed E-state index contributed by atoms with van der Waals surface area (Å²) in [6.45, 7) is 31.2. The van der Waals surface area contributed by atoms with Crippen LogP contribution in [0.3, 0.4) is 0 Å². The maximum Gasteiger partial charge on any atom is 0 e. The molecule has 0 bridgehead atoms. The van der Waals surface area contributed by atoms with E-state index in [1.54, 1.807) is 5.57 Å².